The number of aliphatic carboxylic acids is 2. The van der Waals surface area contributed by atoms with Gasteiger partial charge in [-0.2, -0.15) is 0 Å². The SMILES string of the molecule is NCC(=O)NC(Cc1ccc(O)cc1)C(=O)NC(CCC(=O)O)C(=O)NC(Cc1ccccc1)C(=O)O. The van der Waals surface area contributed by atoms with Gasteiger partial charge in [-0.05, 0) is 29.7 Å². The standard InChI is InChI=1S/C25H30N4O8/c26-14-21(31)27-19(12-16-6-8-17(30)9-7-16)24(35)28-18(10-11-22(32)33)23(34)29-20(25(36)37)13-15-4-2-1-3-5-15/h1-9,18-20,30H,10-14,26H2,(H,27,31)(H,28,35)(H,29,34)(H,32,33)(H,36,37). The normalized spacial score (nSPS) is 13.0. The summed E-state index contributed by atoms with van der Waals surface area (Å²) in [5.74, 6) is -4.84. The van der Waals surface area contributed by atoms with E-state index in [1.807, 2.05) is 0 Å². The minimum atomic E-state index is -1.39. The number of rotatable bonds is 14. The van der Waals surface area contributed by atoms with Crippen LogP contribution in [0.1, 0.15) is 24.0 Å². The lowest BCUT2D eigenvalue weighted by molar-refractivity contribution is -0.143. The van der Waals surface area contributed by atoms with Crippen LogP contribution in [0.4, 0.5) is 0 Å². The summed E-state index contributed by atoms with van der Waals surface area (Å²) >= 11 is 0. The van der Waals surface area contributed by atoms with Gasteiger partial charge < -0.3 is 37.0 Å². The zero-order valence-electron chi connectivity index (χ0n) is 19.9. The molecule has 0 radical (unpaired) electrons. The van der Waals surface area contributed by atoms with E-state index in [2.05, 4.69) is 16.0 Å². The van der Waals surface area contributed by atoms with E-state index in [1.165, 1.54) is 12.1 Å². The molecular formula is C25H30N4O8. The lowest BCUT2D eigenvalue weighted by atomic mass is 10.0. The van der Waals surface area contributed by atoms with Crippen LogP contribution in [0.15, 0.2) is 54.6 Å². The van der Waals surface area contributed by atoms with Gasteiger partial charge in [-0.1, -0.05) is 42.5 Å². The Labute approximate surface area is 212 Å². The van der Waals surface area contributed by atoms with Crippen LogP contribution in [-0.2, 0) is 36.8 Å². The number of hydrogen-bond donors (Lipinski definition) is 7. The van der Waals surface area contributed by atoms with Crippen molar-refractivity contribution < 1.29 is 39.3 Å². The summed E-state index contributed by atoms with van der Waals surface area (Å²) in [6.45, 7) is -0.401. The lowest BCUT2D eigenvalue weighted by Crippen LogP contribution is -2.57. The van der Waals surface area contributed by atoms with Crippen molar-refractivity contribution in [1.82, 2.24) is 16.0 Å². The van der Waals surface area contributed by atoms with Crippen LogP contribution >= 0.6 is 0 Å². The Morgan fingerprint density at radius 3 is 1.84 bits per heavy atom. The summed E-state index contributed by atoms with van der Waals surface area (Å²) in [4.78, 5) is 60.9. The molecule has 2 aromatic carbocycles. The number of carboxylic acid groups (broad SMARTS) is 2. The van der Waals surface area contributed by atoms with Gasteiger partial charge in [0.1, 0.15) is 23.9 Å². The van der Waals surface area contributed by atoms with Crippen molar-refractivity contribution in [2.45, 2.75) is 43.8 Å². The van der Waals surface area contributed by atoms with Gasteiger partial charge in [0, 0.05) is 19.3 Å². The predicted octanol–water partition coefficient (Wildman–Crippen LogP) is -0.460. The number of benzene rings is 2. The molecule has 0 spiro atoms. The minimum absolute atomic E-state index is 0.00429. The second-order valence-electron chi connectivity index (χ2n) is 8.28. The van der Waals surface area contributed by atoms with Crippen molar-refractivity contribution in [3.05, 3.63) is 65.7 Å². The first-order valence-electron chi connectivity index (χ1n) is 11.5. The van der Waals surface area contributed by atoms with E-state index in [-0.39, 0.29) is 25.0 Å². The molecule has 3 unspecified atom stereocenters. The third kappa shape index (κ3) is 9.98. The highest BCUT2D eigenvalue weighted by molar-refractivity contribution is 5.94. The summed E-state index contributed by atoms with van der Waals surface area (Å²) in [6.07, 6.45) is -0.845. The topological polar surface area (TPSA) is 208 Å². The number of phenolic OH excluding ortho intramolecular Hbond substituents is 1. The maximum absolute atomic E-state index is 13.1. The molecule has 0 aromatic heterocycles. The molecule has 2 aromatic rings. The molecule has 37 heavy (non-hydrogen) atoms. The van der Waals surface area contributed by atoms with E-state index in [1.54, 1.807) is 42.5 Å². The van der Waals surface area contributed by atoms with Gasteiger partial charge in [0.2, 0.25) is 17.7 Å². The van der Waals surface area contributed by atoms with E-state index in [0.29, 0.717) is 11.1 Å². The summed E-state index contributed by atoms with van der Waals surface area (Å²) in [6, 6.07) is 10.6. The maximum Gasteiger partial charge on any atom is 0.326 e. The Morgan fingerprint density at radius 2 is 1.27 bits per heavy atom. The Balaban J connectivity index is 2.20. The monoisotopic (exact) mass is 514 g/mol. The van der Waals surface area contributed by atoms with Crippen molar-refractivity contribution in [3.63, 3.8) is 0 Å². The van der Waals surface area contributed by atoms with E-state index >= 15 is 0 Å². The smallest absolute Gasteiger partial charge is 0.326 e. The van der Waals surface area contributed by atoms with E-state index in [4.69, 9.17) is 10.8 Å². The summed E-state index contributed by atoms with van der Waals surface area (Å²) in [5, 5.41) is 35.4. The number of carboxylic acids is 2. The zero-order chi connectivity index (χ0) is 27.4. The minimum Gasteiger partial charge on any atom is -0.508 e. The third-order valence-corrected chi connectivity index (χ3v) is 5.39. The third-order valence-electron chi connectivity index (χ3n) is 5.39. The highest BCUT2D eigenvalue weighted by Gasteiger charge is 2.30. The van der Waals surface area contributed by atoms with Gasteiger partial charge in [0.15, 0.2) is 0 Å². The molecule has 0 fully saturated rings. The highest BCUT2D eigenvalue weighted by Crippen LogP contribution is 2.12. The molecule has 8 N–H and O–H groups in total. The molecule has 0 saturated heterocycles. The van der Waals surface area contributed by atoms with Crippen LogP contribution in [0.2, 0.25) is 0 Å². The quantitative estimate of drug-likeness (QED) is 0.174. The fourth-order valence-corrected chi connectivity index (χ4v) is 3.46. The van der Waals surface area contributed by atoms with Crippen molar-refractivity contribution in [2.75, 3.05) is 6.54 Å². The summed E-state index contributed by atoms with van der Waals surface area (Å²) in [7, 11) is 0. The number of nitrogens with one attached hydrogen (secondary N) is 3. The summed E-state index contributed by atoms with van der Waals surface area (Å²) < 4.78 is 0. The Morgan fingerprint density at radius 1 is 0.730 bits per heavy atom. The molecule has 12 heteroatoms. The van der Waals surface area contributed by atoms with Gasteiger partial charge in [-0.3, -0.25) is 19.2 Å². The molecule has 0 saturated carbocycles. The van der Waals surface area contributed by atoms with Crippen LogP contribution in [0.3, 0.4) is 0 Å². The second kappa shape index (κ2) is 14.2. The van der Waals surface area contributed by atoms with Crippen molar-refractivity contribution in [1.29, 1.82) is 0 Å². The molecule has 0 heterocycles. The van der Waals surface area contributed by atoms with E-state index in [9.17, 15) is 34.2 Å². The van der Waals surface area contributed by atoms with Crippen LogP contribution in [0, 0.1) is 0 Å². The number of hydrogen-bond acceptors (Lipinski definition) is 7. The number of amides is 3. The van der Waals surface area contributed by atoms with Gasteiger partial charge >= 0.3 is 11.9 Å². The van der Waals surface area contributed by atoms with Crippen LogP contribution in [0.25, 0.3) is 0 Å². The fraction of sp³-hybridized carbons (Fsp3) is 0.320. The largest absolute Gasteiger partial charge is 0.508 e. The first-order chi connectivity index (χ1) is 17.6. The average Bonchev–Trinajstić information content (AvgIpc) is 2.87. The number of nitrogens with two attached hydrogens (primary N) is 1. The first-order valence-corrected chi connectivity index (χ1v) is 11.5. The predicted molar refractivity (Wildman–Crippen MR) is 131 cm³/mol. The molecule has 0 aliphatic rings. The molecule has 2 rings (SSSR count). The second-order valence-corrected chi connectivity index (χ2v) is 8.28. The van der Waals surface area contributed by atoms with Crippen LogP contribution < -0.4 is 21.7 Å². The highest BCUT2D eigenvalue weighted by atomic mass is 16.4. The van der Waals surface area contributed by atoms with E-state index in [0.717, 1.165) is 0 Å². The number of aromatic hydroxyl groups is 1. The molecule has 198 valence electrons. The Kier molecular flexibility index (Phi) is 11.0. The Hall–Kier alpha value is -4.45. The van der Waals surface area contributed by atoms with Crippen LogP contribution in [-0.4, -0.2) is 69.7 Å². The zero-order valence-corrected chi connectivity index (χ0v) is 19.9. The number of carbonyl (C=O) groups is 5. The lowest BCUT2D eigenvalue weighted by Gasteiger charge is -2.24. The fourth-order valence-electron chi connectivity index (χ4n) is 3.46. The maximum atomic E-state index is 13.1. The van der Waals surface area contributed by atoms with Gasteiger partial charge in [-0.15, -0.1) is 0 Å². The molecule has 3 amide bonds. The molecule has 0 bridgehead atoms. The van der Waals surface area contributed by atoms with E-state index < -0.39 is 60.8 Å². The molecule has 0 aliphatic carbocycles. The molecule has 12 nitrogen and oxygen atoms in total. The first kappa shape index (κ1) is 28.8. The van der Waals surface area contributed by atoms with Gasteiger partial charge in [0.25, 0.3) is 0 Å². The number of carbonyl (C=O) groups excluding carboxylic acids is 3. The molecular weight excluding hydrogens is 484 g/mol. The van der Waals surface area contributed by atoms with Crippen molar-refractivity contribution in [3.8, 4) is 5.75 Å². The Bertz CT molecular complexity index is 1090. The summed E-state index contributed by atoms with van der Waals surface area (Å²) in [5.41, 5.74) is 6.58. The number of phenols is 1. The van der Waals surface area contributed by atoms with Crippen molar-refractivity contribution in [2.24, 2.45) is 5.73 Å². The van der Waals surface area contributed by atoms with Gasteiger partial charge in [0.05, 0.1) is 6.54 Å². The molecule has 0 aliphatic heterocycles. The molecule has 3 atom stereocenters. The average molecular weight is 515 g/mol. The van der Waals surface area contributed by atoms with Gasteiger partial charge in [-0.25, -0.2) is 4.79 Å². The van der Waals surface area contributed by atoms with Crippen molar-refractivity contribution >= 4 is 29.7 Å². The van der Waals surface area contributed by atoms with Crippen LogP contribution in [0.5, 0.6) is 5.75 Å².